The molecule has 5 nitrogen and oxygen atoms in total. The van der Waals surface area contributed by atoms with E-state index >= 15 is 0 Å². The highest BCUT2D eigenvalue weighted by molar-refractivity contribution is 9.10. The Morgan fingerprint density at radius 1 is 1.29 bits per heavy atom. The molecule has 2 atom stereocenters. The number of amides is 1. The third kappa shape index (κ3) is 2.75. The molecule has 2 heterocycles. The van der Waals surface area contributed by atoms with Crippen LogP contribution in [0.5, 0.6) is 0 Å². The number of ether oxygens (including phenoxy) is 1. The summed E-state index contributed by atoms with van der Waals surface area (Å²) in [6.45, 7) is 6.27. The normalized spacial score (nSPS) is 28.9. The lowest BCUT2D eigenvalue weighted by Gasteiger charge is -2.34. The van der Waals surface area contributed by atoms with E-state index in [1.165, 1.54) is 4.90 Å². The molecular formula is C15H18BrN2O3+. The van der Waals surface area contributed by atoms with Crippen LogP contribution in [0.4, 0.5) is 5.69 Å². The summed E-state index contributed by atoms with van der Waals surface area (Å²) >= 11 is 3.34. The molecule has 0 saturated carbocycles. The quantitative estimate of drug-likeness (QED) is 0.793. The fraction of sp³-hybridized carbons (Fsp3) is 0.467. The third-order valence-corrected chi connectivity index (χ3v) is 4.43. The molecule has 0 aliphatic carbocycles. The van der Waals surface area contributed by atoms with Crippen LogP contribution in [0, 0.1) is 0 Å². The molecule has 0 aromatic heterocycles. The maximum atomic E-state index is 12.2. The molecule has 0 bridgehead atoms. The number of morpholine rings is 1. The first-order chi connectivity index (χ1) is 9.95. The van der Waals surface area contributed by atoms with Gasteiger partial charge < -0.3 is 9.64 Å². The molecule has 112 valence electrons. The zero-order valence-electron chi connectivity index (χ0n) is 12.1. The smallest absolute Gasteiger partial charge is 0.303 e. The number of hydrogen-bond acceptors (Lipinski definition) is 3. The summed E-state index contributed by atoms with van der Waals surface area (Å²) in [5.74, 6) is -0.845. The largest absolute Gasteiger partial charge is 0.364 e. The number of ketones is 1. The van der Waals surface area contributed by atoms with Crippen LogP contribution in [0.3, 0.4) is 0 Å². The van der Waals surface area contributed by atoms with Crippen molar-refractivity contribution in [1.82, 2.24) is 0 Å². The summed E-state index contributed by atoms with van der Waals surface area (Å²) in [5.41, 5.74) is 1.20. The van der Waals surface area contributed by atoms with E-state index in [1.54, 1.807) is 11.0 Å². The highest BCUT2D eigenvalue weighted by Crippen LogP contribution is 2.30. The van der Waals surface area contributed by atoms with Gasteiger partial charge in [-0.25, -0.2) is 0 Å². The highest BCUT2D eigenvalue weighted by Gasteiger charge is 2.39. The van der Waals surface area contributed by atoms with Crippen LogP contribution in [0.15, 0.2) is 22.7 Å². The molecule has 0 radical (unpaired) electrons. The summed E-state index contributed by atoms with van der Waals surface area (Å²) in [6, 6.07) is 5.40. The molecule has 21 heavy (non-hydrogen) atoms. The second-order valence-electron chi connectivity index (χ2n) is 5.80. The monoisotopic (exact) mass is 353 g/mol. The number of benzene rings is 1. The summed E-state index contributed by atoms with van der Waals surface area (Å²) in [5, 5.41) is 0. The Morgan fingerprint density at radius 2 is 1.95 bits per heavy atom. The van der Waals surface area contributed by atoms with Crippen LogP contribution in [0.2, 0.25) is 0 Å². The lowest BCUT2D eigenvalue weighted by molar-refractivity contribution is -0.913. The molecule has 1 aromatic carbocycles. The Hall–Kier alpha value is -1.24. The Kier molecular flexibility index (Phi) is 3.86. The Labute approximate surface area is 132 Å². The summed E-state index contributed by atoms with van der Waals surface area (Å²) in [7, 11) is 0. The van der Waals surface area contributed by atoms with E-state index in [4.69, 9.17) is 4.74 Å². The predicted octanol–water partition coefficient (Wildman–Crippen LogP) is 0.628. The molecule has 2 aliphatic rings. The van der Waals surface area contributed by atoms with Gasteiger partial charge in [0.15, 0.2) is 6.67 Å². The van der Waals surface area contributed by atoms with Gasteiger partial charge in [-0.15, -0.1) is 0 Å². The number of quaternary nitrogens is 1. The van der Waals surface area contributed by atoms with Gasteiger partial charge in [-0.05, 0) is 32.0 Å². The minimum Gasteiger partial charge on any atom is -0.364 e. The van der Waals surface area contributed by atoms with Gasteiger partial charge in [-0.1, -0.05) is 15.9 Å². The van der Waals surface area contributed by atoms with Gasteiger partial charge in [-0.3, -0.25) is 14.5 Å². The van der Waals surface area contributed by atoms with Crippen LogP contribution in [0.25, 0.3) is 0 Å². The number of nitrogens with one attached hydrogen (secondary N) is 1. The highest BCUT2D eigenvalue weighted by atomic mass is 79.9. The lowest BCUT2D eigenvalue weighted by atomic mass is 10.1. The van der Waals surface area contributed by atoms with Gasteiger partial charge in [0, 0.05) is 4.47 Å². The van der Waals surface area contributed by atoms with E-state index in [1.807, 2.05) is 26.0 Å². The van der Waals surface area contributed by atoms with Gasteiger partial charge in [0.1, 0.15) is 25.3 Å². The van der Waals surface area contributed by atoms with Crippen molar-refractivity contribution in [3.8, 4) is 0 Å². The summed E-state index contributed by atoms with van der Waals surface area (Å²) < 4.78 is 6.53. The number of carbonyl (C=O) groups excluding carboxylic acids is 2. The number of Topliss-reactive ketones (excluding diaryl/α,β-unsaturated/α-hetero) is 1. The molecule has 2 aliphatic heterocycles. The van der Waals surface area contributed by atoms with Crippen molar-refractivity contribution in [2.75, 3.05) is 24.7 Å². The number of anilines is 1. The minimum absolute atomic E-state index is 0.168. The van der Waals surface area contributed by atoms with Crippen molar-refractivity contribution in [3.05, 3.63) is 28.2 Å². The second kappa shape index (κ2) is 5.51. The fourth-order valence-corrected chi connectivity index (χ4v) is 3.53. The topological polar surface area (TPSA) is 51.0 Å². The van der Waals surface area contributed by atoms with Gasteiger partial charge in [0.2, 0.25) is 0 Å². The molecule has 0 unspecified atom stereocenters. The number of carbonyl (C=O) groups is 2. The molecular weight excluding hydrogens is 336 g/mol. The molecule has 1 aromatic rings. The molecule has 3 rings (SSSR count). The molecule has 6 heteroatoms. The van der Waals surface area contributed by atoms with E-state index in [2.05, 4.69) is 15.9 Å². The van der Waals surface area contributed by atoms with Crippen molar-refractivity contribution in [3.63, 3.8) is 0 Å². The van der Waals surface area contributed by atoms with Crippen molar-refractivity contribution >= 4 is 33.3 Å². The van der Waals surface area contributed by atoms with Gasteiger partial charge in [0.25, 0.3) is 5.78 Å². The zero-order valence-corrected chi connectivity index (χ0v) is 13.6. The Balaban J connectivity index is 1.83. The van der Waals surface area contributed by atoms with Crippen LogP contribution >= 0.6 is 15.9 Å². The molecule has 1 amide bonds. The van der Waals surface area contributed by atoms with Crippen molar-refractivity contribution in [2.45, 2.75) is 26.1 Å². The van der Waals surface area contributed by atoms with E-state index in [0.717, 1.165) is 17.6 Å². The van der Waals surface area contributed by atoms with Gasteiger partial charge in [0.05, 0.1) is 11.3 Å². The number of hydrogen-bond donors (Lipinski definition) is 1. The molecule has 1 saturated heterocycles. The van der Waals surface area contributed by atoms with E-state index in [-0.39, 0.29) is 12.2 Å². The van der Waals surface area contributed by atoms with Crippen LogP contribution in [-0.4, -0.2) is 43.7 Å². The number of nitrogens with zero attached hydrogens (tertiary/aromatic N) is 1. The third-order valence-electron chi connectivity index (χ3n) is 3.93. The second-order valence-corrected chi connectivity index (χ2v) is 6.71. The van der Waals surface area contributed by atoms with Gasteiger partial charge in [-0.2, -0.15) is 0 Å². The standard InChI is InChI=1S/C15H17BrN2O3/c1-9-6-17(7-10(2)21-9)8-18-13-4-3-11(16)5-12(13)14(19)15(18)20/h3-5,9-10H,6-8H2,1-2H3/p+1/t9-,10-/m1/s1. The average Bonchev–Trinajstić information content (AvgIpc) is 2.63. The maximum Gasteiger partial charge on any atom is 0.303 e. The summed E-state index contributed by atoms with van der Waals surface area (Å²) in [4.78, 5) is 27.2. The van der Waals surface area contributed by atoms with E-state index < -0.39 is 11.7 Å². The molecule has 1 N–H and O–H groups in total. The van der Waals surface area contributed by atoms with Crippen molar-refractivity contribution < 1.29 is 19.2 Å². The molecule has 1 fully saturated rings. The minimum atomic E-state index is -0.428. The Morgan fingerprint density at radius 3 is 2.62 bits per heavy atom. The zero-order chi connectivity index (χ0) is 15.1. The van der Waals surface area contributed by atoms with Crippen molar-refractivity contribution in [2.24, 2.45) is 0 Å². The first kappa shape index (κ1) is 14.7. The van der Waals surface area contributed by atoms with Crippen molar-refractivity contribution in [1.29, 1.82) is 0 Å². The van der Waals surface area contributed by atoms with Gasteiger partial charge >= 0.3 is 5.91 Å². The predicted molar refractivity (Wildman–Crippen MR) is 81.5 cm³/mol. The van der Waals surface area contributed by atoms with Crippen LogP contribution in [0.1, 0.15) is 24.2 Å². The van der Waals surface area contributed by atoms with Crippen LogP contribution in [-0.2, 0) is 9.53 Å². The van der Waals surface area contributed by atoms with E-state index in [0.29, 0.717) is 17.9 Å². The average molecular weight is 354 g/mol. The lowest BCUT2D eigenvalue weighted by Crippen LogP contribution is -3.17. The van der Waals surface area contributed by atoms with Crippen LogP contribution < -0.4 is 9.80 Å². The fourth-order valence-electron chi connectivity index (χ4n) is 3.17. The molecule has 0 spiro atoms. The maximum absolute atomic E-state index is 12.2. The first-order valence-corrected chi connectivity index (χ1v) is 7.89. The summed E-state index contributed by atoms with van der Waals surface area (Å²) in [6.07, 6.45) is 0.336. The SMILES string of the molecule is C[C@@H]1C[NH+](CN2C(=O)C(=O)c3cc(Br)ccc32)C[C@@H](C)O1. The number of halogens is 1. The Bertz CT molecular complexity index is 595. The number of fused-ring (bicyclic) bond motifs is 1. The number of rotatable bonds is 2. The first-order valence-electron chi connectivity index (χ1n) is 7.10. The van der Waals surface area contributed by atoms with E-state index in [9.17, 15) is 9.59 Å².